The number of aromatic nitrogens is 3. The summed E-state index contributed by atoms with van der Waals surface area (Å²) in [5.41, 5.74) is 3.72. The molecule has 3 heterocycles. The summed E-state index contributed by atoms with van der Waals surface area (Å²) >= 11 is 0. The third-order valence-electron chi connectivity index (χ3n) is 3.80. The number of fused-ring (bicyclic) bond motifs is 1. The van der Waals surface area contributed by atoms with Crippen molar-refractivity contribution >= 4 is 0 Å². The SMILES string of the molecule is COCC1CN(Cc2ccccn2)Cc2cnn(C)c21. The molecule has 3 rings (SSSR count). The van der Waals surface area contributed by atoms with Crippen LogP contribution in [0.5, 0.6) is 0 Å². The van der Waals surface area contributed by atoms with Crippen LogP contribution in [0.15, 0.2) is 30.6 Å². The van der Waals surface area contributed by atoms with Gasteiger partial charge in [0.15, 0.2) is 0 Å². The van der Waals surface area contributed by atoms with Crippen molar-refractivity contribution in [3.63, 3.8) is 0 Å². The predicted molar refractivity (Wildman–Crippen MR) is 76.2 cm³/mol. The molecule has 0 spiro atoms. The highest BCUT2D eigenvalue weighted by Crippen LogP contribution is 2.28. The Hall–Kier alpha value is -1.72. The summed E-state index contributed by atoms with van der Waals surface area (Å²) in [6.07, 6.45) is 3.82. The fourth-order valence-electron chi connectivity index (χ4n) is 3.02. The Morgan fingerprint density at radius 1 is 1.40 bits per heavy atom. The summed E-state index contributed by atoms with van der Waals surface area (Å²) < 4.78 is 7.36. The Bertz CT molecular complexity index is 567. The normalized spacial score (nSPS) is 19.0. The maximum absolute atomic E-state index is 5.38. The minimum Gasteiger partial charge on any atom is -0.384 e. The molecular formula is C15H20N4O. The lowest BCUT2D eigenvalue weighted by atomic mass is 9.97. The average Bonchev–Trinajstić information content (AvgIpc) is 2.82. The van der Waals surface area contributed by atoms with Gasteiger partial charge in [0.1, 0.15) is 0 Å². The molecule has 1 aliphatic rings. The van der Waals surface area contributed by atoms with Gasteiger partial charge in [-0.05, 0) is 12.1 Å². The van der Waals surface area contributed by atoms with E-state index in [2.05, 4.69) is 21.0 Å². The van der Waals surface area contributed by atoms with Crippen molar-refractivity contribution in [3.05, 3.63) is 47.5 Å². The fraction of sp³-hybridized carbons (Fsp3) is 0.467. The molecule has 5 nitrogen and oxygen atoms in total. The van der Waals surface area contributed by atoms with Crippen LogP contribution >= 0.6 is 0 Å². The summed E-state index contributed by atoms with van der Waals surface area (Å²) in [5.74, 6) is 0.375. The Labute approximate surface area is 119 Å². The van der Waals surface area contributed by atoms with Gasteiger partial charge in [-0.2, -0.15) is 5.10 Å². The van der Waals surface area contributed by atoms with Gasteiger partial charge < -0.3 is 4.74 Å². The van der Waals surface area contributed by atoms with Crippen LogP contribution in [-0.2, 0) is 24.9 Å². The molecule has 1 unspecified atom stereocenters. The lowest BCUT2D eigenvalue weighted by Gasteiger charge is -2.32. The Morgan fingerprint density at radius 2 is 2.30 bits per heavy atom. The van der Waals surface area contributed by atoms with Crippen molar-refractivity contribution in [2.24, 2.45) is 7.05 Å². The maximum Gasteiger partial charge on any atom is 0.0558 e. The molecule has 0 bridgehead atoms. The van der Waals surface area contributed by atoms with Crippen LogP contribution in [-0.4, -0.2) is 39.9 Å². The van der Waals surface area contributed by atoms with E-state index in [1.54, 1.807) is 7.11 Å². The highest BCUT2D eigenvalue weighted by molar-refractivity contribution is 5.25. The Kier molecular flexibility index (Phi) is 3.80. The monoisotopic (exact) mass is 272 g/mol. The van der Waals surface area contributed by atoms with Gasteiger partial charge in [-0.25, -0.2) is 0 Å². The number of pyridine rings is 1. The van der Waals surface area contributed by atoms with Crippen molar-refractivity contribution < 1.29 is 4.74 Å². The molecule has 20 heavy (non-hydrogen) atoms. The summed E-state index contributed by atoms with van der Waals surface area (Å²) in [6, 6.07) is 6.06. The number of aryl methyl sites for hydroxylation is 1. The first kappa shape index (κ1) is 13.3. The van der Waals surface area contributed by atoms with E-state index < -0.39 is 0 Å². The number of hydrogen-bond donors (Lipinski definition) is 0. The van der Waals surface area contributed by atoms with Gasteiger partial charge >= 0.3 is 0 Å². The third kappa shape index (κ3) is 2.59. The van der Waals surface area contributed by atoms with E-state index in [0.717, 1.165) is 31.9 Å². The molecule has 1 aliphatic heterocycles. The fourth-order valence-corrected chi connectivity index (χ4v) is 3.02. The zero-order valence-corrected chi connectivity index (χ0v) is 12.0. The van der Waals surface area contributed by atoms with Gasteiger partial charge in [-0.1, -0.05) is 6.07 Å². The second-order valence-electron chi connectivity index (χ2n) is 5.32. The van der Waals surface area contributed by atoms with Crippen LogP contribution in [0, 0.1) is 0 Å². The van der Waals surface area contributed by atoms with Gasteiger partial charge in [0, 0.05) is 57.2 Å². The van der Waals surface area contributed by atoms with Crippen LogP contribution in [0.3, 0.4) is 0 Å². The molecule has 0 aliphatic carbocycles. The van der Waals surface area contributed by atoms with Crippen molar-refractivity contribution in [1.82, 2.24) is 19.7 Å². The lowest BCUT2D eigenvalue weighted by Crippen LogP contribution is -2.35. The zero-order valence-electron chi connectivity index (χ0n) is 12.0. The second-order valence-corrected chi connectivity index (χ2v) is 5.32. The standard InChI is InChI=1S/C15H20N4O/c1-18-15-12(7-17-18)8-19(9-13(15)11-20-2)10-14-5-3-4-6-16-14/h3-7,13H,8-11H2,1-2H3. The molecule has 0 aromatic carbocycles. The summed E-state index contributed by atoms with van der Waals surface area (Å²) in [7, 11) is 3.77. The molecule has 0 N–H and O–H groups in total. The predicted octanol–water partition coefficient (Wildman–Crippen LogP) is 1.56. The molecule has 0 saturated carbocycles. The molecular weight excluding hydrogens is 252 g/mol. The molecule has 5 heteroatoms. The van der Waals surface area contributed by atoms with E-state index in [4.69, 9.17) is 4.74 Å². The van der Waals surface area contributed by atoms with E-state index in [1.807, 2.05) is 36.3 Å². The summed E-state index contributed by atoms with van der Waals surface area (Å²) in [4.78, 5) is 6.82. The van der Waals surface area contributed by atoms with E-state index in [9.17, 15) is 0 Å². The molecule has 2 aromatic rings. The first-order valence-electron chi connectivity index (χ1n) is 6.90. The van der Waals surface area contributed by atoms with Crippen molar-refractivity contribution in [1.29, 1.82) is 0 Å². The molecule has 106 valence electrons. The van der Waals surface area contributed by atoms with Crippen LogP contribution in [0.2, 0.25) is 0 Å². The van der Waals surface area contributed by atoms with Gasteiger partial charge in [-0.3, -0.25) is 14.6 Å². The van der Waals surface area contributed by atoms with E-state index in [0.29, 0.717) is 5.92 Å². The van der Waals surface area contributed by atoms with Crippen LogP contribution in [0.25, 0.3) is 0 Å². The number of nitrogens with zero attached hydrogens (tertiary/aromatic N) is 4. The quantitative estimate of drug-likeness (QED) is 0.847. The Balaban J connectivity index is 1.79. The maximum atomic E-state index is 5.38. The highest BCUT2D eigenvalue weighted by Gasteiger charge is 2.28. The van der Waals surface area contributed by atoms with Crippen molar-refractivity contribution in [3.8, 4) is 0 Å². The molecule has 0 saturated heterocycles. The van der Waals surface area contributed by atoms with E-state index in [-0.39, 0.29) is 0 Å². The highest BCUT2D eigenvalue weighted by atomic mass is 16.5. The molecule has 0 amide bonds. The second kappa shape index (κ2) is 5.73. The number of ether oxygens (including phenoxy) is 1. The first-order valence-corrected chi connectivity index (χ1v) is 6.90. The molecule has 2 aromatic heterocycles. The van der Waals surface area contributed by atoms with Crippen LogP contribution in [0.1, 0.15) is 22.9 Å². The van der Waals surface area contributed by atoms with E-state index >= 15 is 0 Å². The third-order valence-corrected chi connectivity index (χ3v) is 3.80. The number of rotatable bonds is 4. The molecule has 1 atom stereocenters. The van der Waals surface area contributed by atoms with Crippen LogP contribution < -0.4 is 0 Å². The van der Waals surface area contributed by atoms with Crippen molar-refractivity contribution in [2.75, 3.05) is 20.3 Å². The van der Waals surface area contributed by atoms with E-state index in [1.165, 1.54) is 11.3 Å². The molecule has 0 fully saturated rings. The van der Waals surface area contributed by atoms with Gasteiger partial charge in [0.25, 0.3) is 0 Å². The minimum absolute atomic E-state index is 0.375. The Morgan fingerprint density at radius 3 is 3.05 bits per heavy atom. The lowest BCUT2D eigenvalue weighted by molar-refractivity contribution is 0.132. The largest absolute Gasteiger partial charge is 0.384 e. The zero-order chi connectivity index (χ0) is 13.9. The topological polar surface area (TPSA) is 43.2 Å². The minimum atomic E-state index is 0.375. The van der Waals surface area contributed by atoms with Gasteiger partial charge in [-0.15, -0.1) is 0 Å². The molecule has 0 radical (unpaired) electrons. The smallest absolute Gasteiger partial charge is 0.0558 e. The van der Waals surface area contributed by atoms with Crippen LogP contribution in [0.4, 0.5) is 0 Å². The van der Waals surface area contributed by atoms with Crippen molar-refractivity contribution in [2.45, 2.75) is 19.0 Å². The van der Waals surface area contributed by atoms with Gasteiger partial charge in [0.2, 0.25) is 0 Å². The average molecular weight is 272 g/mol. The number of methoxy groups -OCH3 is 1. The summed E-state index contributed by atoms with van der Waals surface area (Å²) in [5, 5.41) is 4.39. The summed E-state index contributed by atoms with van der Waals surface area (Å²) in [6.45, 7) is 3.51. The van der Waals surface area contributed by atoms with Gasteiger partial charge in [0.05, 0.1) is 18.5 Å². The first-order chi connectivity index (χ1) is 9.78. The number of hydrogen-bond acceptors (Lipinski definition) is 4.